The van der Waals surface area contributed by atoms with Crippen LogP contribution in [0.25, 0.3) is 0 Å². The highest BCUT2D eigenvalue weighted by Gasteiger charge is 2.12. The Balaban J connectivity index is 1.84. The summed E-state index contributed by atoms with van der Waals surface area (Å²) in [4.78, 5) is 0.290. The molecule has 1 N–H and O–H groups in total. The molecule has 0 atom stereocenters. The fourth-order valence-electron chi connectivity index (χ4n) is 1.74. The molecule has 2 aromatic rings. The first-order chi connectivity index (χ1) is 9.49. The van der Waals surface area contributed by atoms with Crippen molar-refractivity contribution < 1.29 is 8.42 Å². The quantitative estimate of drug-likeness (QED) is 0.806. The van der Waals surface area contributed by atoms with Crippen molar-refractivity contribution in [3.8, 4) is 0 Å². The number of aromatic nitrogens is 2. The summed E-state index contributed by atoms with van der Waals surface area (Å²) in [7, 11) is -3.41. The number of halogens is 1. The molecule has 20 heavy (non-hydrogen) atoms. The van der Waals surface area contributed by atoms with Crippen molar-refractivity contribution in [1.29, 1.82) is 0 Å². The molecule has 0 aliphatic heterocycles. The van der Waals surface area contributed by atoms with E-state index in [2.05, 4.69) is 25.8 Å². The minimum atomic E-state index is -3.41. The molecule has 0 saturated heterocycles. The molecule has 108 valence electrons. The van der Waals surface area contributed by atoms with Gasteiger partial charge < -0.3 is 0 Å². The van der Waals surface area contributed by atoms with Gasteiger partial charge in [-0.05, 0) is 41.4 Å². The molecule has 0 amide bonds. The Bertz CT molecular complexity index is 649. The van der Waals surface area contributed by atoms with Crippen LogP contribution in [0.15, 0.2) is 45.9 Å². The van der Waals surface area contributed by atoms with Gasteiger partial charge in [0.15, 0.2) is 0 Å². The first kappa shape index (κ1) is 15.2. The van der Waals surface area contributed by atoms with E-state index in [4.69, 9.17) is 0 Å². The summed E-state index contributed by atoms with van der Waals surface area (Å²) in [5.74, 6) is 0. The summed E-state index contributed by atoms with van der Waals surface area (Å²) >= 11 is 3.39. The molecule has 5 nitrogen and oxygen atoms in total. The van der Waals surface area contributed by atoms with E-state index >= 15 is 0 Å². The van der Waals surface area contributed by atoms with E-state index in [1.165, 1.54) is 0 Å². The second-order valence-corrected chi connectivity index (χ2v) is 7.01. The lowest BCUT2D eigenvalue weighted by molar-refractivity contribution is 0.551. The van der Waals surface area contributed by atoms with Crippen molar-refractivity contribution in [1.82, 2.24) is 14.5 Å². The number of hydrogen-bond acceptors (Lipinski definition) is 3. The SMILES string of the molecule is Cc1nn(CCCNS(=O)(=O)c2ccccc2)cc1Br. The van der Waals surface area contributed by atoms with Gasteiger partial charge in [-0.15, -0.1) is 0 Å². The third-order valence-corrected chi connectivity index (χ3v) is 5.05. The second kappa shape index (κ2) is 6.51. The molecule has 0 saturated carbocycles. The van der Waals surface area contributed by atoms with Crippen molar-refractivity contribution >= 4 is 26.0 Å². The Morgan fingerprint density at radius 2 is 2.00 bits per heavy atom. The number of nitrogens with one attached hydrogen (secondary N) is 1. The number of sulfonamides is 1. The molecule has 0 aliphatic carbocycles. The zero-order valence-corrected chi connectivity index (χ0v) is 13.5. The van der Waals surface area contributed by atoms with E-state index in [1.807, 2.05) is 13.1 Å². The Morgan fingerprint density at radius 1 is 1.30 bits per heavy atom. The largest absolute Gasteiger partial charge is 0.271 e. The van der Waals surface area contributed by atoms with Crippen LogP contribution in [-0.2, 0) is 16.6 Å². The van der Waals surface area contributed by atoms with Crippen LogP contribution < -0.4 is 4.72 Å². The average Bonchev–Trinajstić information content (AvgIpc) is 2.75. The third kappa shape index (κ3) is 3.91. The lowest BCUT2D eigenvalue weighted by atomic mass is 10.4. The highest BCUT2D eigenvalue weighted by molar-refractivity contribution is 9.10. The van der Waals surface area contributed by atoms with Crippen molar-refractivity contribution in [3.63, 3.8) is 0 Å². The van der Waals surface area contributed by atoms with Crippen LogP contribution in [0.5, 0.6) is 0 Å². The van der Waals surface area contributed by atoms with Crippen LogP contribution in [0.3, 0.4) is 0 Å². The topological polar surface area (TPSA) is 64.0 Å². The Morgan fingerprint density at radius 3 is 2.60 bits per heavy atom. The van der Waals surface area contributed by atoms with Crippen LogP contribution in [0.2, 0.25) is 0 Å². The van der Waals surface area contributed by atoms with E-state index in [0.29, 0.717) is 19.5 Å². The van der Waals surface area contributed by atoms with Gasteiger partial charge in [0.25, 0.3) is 0 Å². The summed E-state index contributed by atoms with van der Waals surface area (Å²) in [6.45, 7) is 2.97. The van der Waals surface area contributed by atoms with Gasteiger partial charge in [-0.1, -0.05) is 18.2 Å². The van der Waals surface area contributed by atoms with Gasteiger partial charge in [-0.3, -0.25) is 4.68 Å². The van der Waals surface area contributed by atoms with Crippen molar-refractivity contribution in [2.45, 2.75) is 24.8 Å². The van der Waals surface area contributed by atoms with Gasteiger partial charge in [0.05, 0.1) is 15.1 Å². The minimum absolute atomic E-state index is 0.290. The van der Waals surface area contributed by atoms with Crippen LogP contribution in [0.1, 0.15) is 12.1 Å². The van der Waals surface area contributed by atoms with Gasteiger partial charge in [-0.2, -0.15) is 5.10 Å². The monoisotopic (exact) mass is 357 g/mol. The molecular formula is C13H16BrN3O2S. The fourth-order valence-corrected chi connectivity index (χ4v) is 3.15. The molecule has 0 aliphatic rings. The van der Waals surface area contributed by atoms with Crippen molar-refractivity contribution in [2.24, 2.45) is 0 Å². The van der Waals surface area contributed by atoms with Crippen LogP contribution in [0, 0.1) is 6.92 Å². The minimum Gasteiger partial charge on any atom is -0.271 e. The van der Waals surface area contributed by atoms with E-state index in [0.717, 1.165) is 10.2 Å². The van der Waals surface area contributed by atoms with Gasteiger partial charge >= 0.3 is 0 Å². The summed E-state index contributed by atoms with van der Waals surface area (Å²) in [6, 6.07) is 8.36. The van der Waals surface area contributed by atoms with Crippen molar-refractivity contribution in [2.75, 3.05) is 6.54 Å². The van der Waals surface area contributed by atoms with Crippen LogP contribution >= 0.6 is 15.9 Å². The Labute approximate surface area is 127 Å². The van der Waals surface area contributed by atoms with Crippen LogP contribution in [-0.4, -0.2) is 24.7 Å². The molecule has 0 spiro atoms. The molecule has 1 aromatic carbocycles. The summed E-state index contributed by atoms with van der Waals surface area (Å²) in [5, 5.41) is 4.29. The standard InChI is InChI=1S/C13H16BrN3O2S/c1-11-13(14)10-17(16-11)9-5-8-15-20(18,19)12-6-3-2-4-7-12/h2-4,6-7,10,15H,5,8-9H2,1H3. The molecule has 0 unspecified atom stereocenters. The lowest BCUT2D eigenvalue weighted by Gasteiger charge is -2.06. The van der Waals surface area contributed by atoms with E-state index < -0.39 is 10.0 Å². The number of rotatable bonds is 6. The number of hydrogen-bond donors (Lipinski definition) is 1. The first-order valence-electron chi connectivity index (χ1n) is 6.23. The molecule has 1 aromatic heterocycles. The molecule has 0 radical (unpaired) electrons. The van der Waals surface area contributed by atoms with Gasteiger partial charge in [0.2, 0.25) is 10.0 Å². The highest BCUT2D eigenvalue weighted by Crippen LogP contribution is 2.13. The predicted molar refractivity (Wildman–Crippen MR) is 80.9 cm³/mol. The predicted octanol–water partition coefficient (Wildman–Crippen LogP) is 2.32. The number of benzene rings is 1. The zero-order valence-electron chi connectivity index (χ0n) is 11.1. The molecule has 0 bridgehead atoms. The molecule has 7 heteroatoms. The Hall–Kier alpha value is -1.18. The number of nitrogens with zero attached hydrogens (tertiary/aromatic N) is 2. The van der Waals surface area contributed by atoms with E-state index in [1.54, 1.807) is 35.0 Å². The summed E-state index contributed by atoms with van der Waals surface area (Å²) in [6.07, 6.45) is 2.57. The fraction of sp³-hybridized carbons (Fsp3) is 0.308. The maximum atomic E-state index is 12.0. The van der Waals surface area contributed by atoms with Gasteiger partial charge in [0.1, 0.15) is 0 Å². The Kier molecular flexibility index (Phi) is 4.95. The molecule has 2 rings (SSSR count). The summed E-state index contributed by atoms with van der Waals surface area (Å²) in [5.41, 5.74) is 0.926. The normalized spacial score (nSPS) is 11.7. The van der Waals surface area contributed by atoms with E-state index in [9.17, 15) is 8.42 Å². The lowest BCUT2D eigenvalue weighted by Crippen LogP contribution is -2.25. The molecule has 0 fully saturated rings. The zero-order chi connectivity index (χ0) is 14.6. The first-order valence-corrected chi connectivity index (χ1v) is 8.51. The average molecular weight is 358 g/mol. The van der Waals surface area contributed by atoms with Gasteiger partial charge in [0, 0.05) is 19.3 Å². The number of aryl methyl sites for hydroxylation is 2. The van der Waals surface area contributed by atoms with E-state index in [-0.39, 0.29) is 4.90 Å². The highest BCUT2D eigenvalue weighted by atomic mass is 79.9. The maximum Gasteiger partial charge on any atom is 0.240 e. The van der Waals surface area contributed by atoms with Crippen LogP contribution in [0.4, 0.5) is 0 Å². The maximum absolute atomic E-state index is 12.0. The molecular weight excluding hydrogens is 342 g/mol. The smallest absolute Gasteiger partial charge is 0.240 e. The summed E-state index contributed by atoms with van der Waals surface area (Å²) < 4.78 is 29.3. The third-order valence-electron chi connectivity index (χ3n) is 2.80. The second-order valence-electron chi connectivity index (χ2n) is 4.39. The molecule has 1 heterocycles. The van der Waals surface area contributed by atoms with Crippen molar-refractivity contribution in [3.05, 3.63) is 46.7 Å². The van der Waals surface area contributed by atoms with Gasteiger partial charge in [-0.25, -0.2) is 13.1 Å².